The summed E-state index contributed by atoms with van der Waals surface area (Å²) in [6, 6.07) is -0.484. The second-order valence-electron chi connectivity index (χ2n) is 7.53. The Morgan fingerprint density at radius 1 is 1.23 bits per heavy atom. The lowest BCUT2D eigenvalue weighted by atomic mass is 9.82. The van der Waals surface area contributed by atoms with Gasteiger partial charge in [0.05, 0.1) is 18.8 Å². The maximum absolute atomic E-state index is 13.2. The highest BCUT2D eigenvalue weighted by Gasteiger charge is 2.42. The van der Waals surface area contributed by atoms with E-state index in [4.69, 9.17) is 14.3 Å². The number of hydroxylamine groups is 2. The lowest BCUT2D eigenvalue weighted by Gasteiger charge is -2.44. The summed E-state index contributed by atoms with van der Waals surface area (Å²) in [5.41, 5.74) is 0. The molecular weight excluding hydrogens is 399 g/mol. The molecule has 0 radical (unpaired) electrons. The van der Waals surface area contributed by atoms with Crippen LogP contribution in [0.2, 0.25) is 0 Å². The predicted octanol–water partition coefficient (Wildman–Crippen LogP) is 1.42. The number of rotatable bonds is 10. The van der Waals surface area contributed by atoms with Gasteiger partial charge in [0, 0.05) is 25.7 Å². The maximum atomic E-state index is 13.2. The number of amides is 3. The van der Waals surface area contributed by atoms with E-state index in [0.717, 1.165) is 0 Å². The van der Waals surface area contributed by atoms with Crippen molar-refractivity contribution in [3.05, 3.63) is 12.7 Å². The molecule has 0 bridgehead atoms. The van der Waals surface area contributed by atoms with E-state index in [2.05, 4.69) is 11.9 Å². The van der Waals surface area contributed by atoms with Gasteiger partial charge in [-0.25, -0.2) is 9.18 Å². The highest BCUT2D eigenvalue weighted by atomic mass is 19.1. The quantitative estimate of drug-likeness (QED) is 0.414. The van der Waals surface area contributed by atoms with Gasteiger partial charge < -0.3 is 19.6 Å². The molecule has 2 aliphatic heterocycles. The van der Waals surface area contributed by atoms with Crippen molar-refractivity contribution in [2.45, 2.75) is 64.4 Å². The van der Waals surface area contributed by atoms with E-state index in [0.29, 0.717) is 5.06 Å². The van der Waals surface area contributed by atoms with Crippen molar-refractivity contribution >= 4 is 23.7 Å². The smallest absolute Gasteiger partial charge is 0.333 e. The molecule has 5 unspecified atom stereocenters. The zero-order chi connectivity index (χ0) is 22.3. The van der Waals surface area contributed by atoms with E-state index in [1.54, 1.807) is 0 Å². The third-order valence-electron chi connectivity index (χ3n) is 5.43. The predicted molar refractivity (Wildman–Crippen MR) is 102 cm³/mol. The molecule has 1 N–H and O–H groups in total. The van der Waals surface area contributed by atoms with Crippen LogP contribution in [0.1, 0.15) is 46.0 Å². The number of carbonyl (C=O) groups excluding carboxylic acids is 4. The van der Waals surface area contributed by atoms with Gasteiger partial charge in [0.25, 0.3) is 11.8 Å². The monoisotopic (exact) mass is 428 g/mol. The van der Waals surface area contributed by atoms with Crippen LogP contribution in [0.3, 0.4) is 0 Å². The summed E-state index contributed by atoms with van der Waals surface area (Å²) < 4.78 is 24.5. The van der Waals surface area contributed by atoms with Crippen LogP contribution in [-0.2, 0) is 33.5 Å². The lowest BCUT2D eigenvalue weighted by Crippen LogP contribution is -2.58. The maximum Gasteiger partial charge on any atom is 0.333 e. The number of carbonyl (C=O) groups is 4. The summed E-state index contributed by atoms with van der Waals surface area (Å²) in [5.74, 6) is -2.42. The average molecular weight is 428 g/mol. The molecule has 2 aliphatic rings. The van der Waals surface area contributed by atoms with Crippen molar-refractivity contribution < 1.29 is 37.9 Å². The number of hydrogen-bond donors (Lipinski definition) is 1. The minimum absolute atomic E-state index is 0.0208. The summed E-state index contributed by atoms with van der Waals surface area (Å²) in [7, 11) is 0. The summed E-state index contributed by atoms with van der Waals surface area (Å²) in [6.45, 7) is 6.87. The van der Waals surface area contributed by atoms with E-state index in [1.165, 1.54) is 6.08 Å². The summed E-state index contributed by atoms with van der Waals surface area (Å²) >= 11 is 0. The molecule has 5 atom stereocenters. The second kappa shape index (κ2) is 11.2. The highest BCUT2D eigenvalue weighted by molar-refractivity contribution is 6.01. The Morgan fingerprint density at radius 2 is 1.90 bits per heavy atom. The largest absolute Gasteiger partial charge is 0.348 e. The molecule has 2 fully saturated rings. The number of hydrogen-bond acceptors (Lipinski definition) is 7. The number of halogens is 1. The van der Waals surface area contributed by atoms with E-state index < -0.39 is 42.9 Å². The van der Waals surface area contributed by atoms with Crippen molar-refractivity contribution in [1.82, 2.24) is 10.4 Å². The van der Waals surface area contributed by atoms with E-state index in [-0.39, 0.29) is 56.5 Å². The molecule has 3 amide bonds. The van der Waals surface area contributed by atoms with Crippen molar-refractivity contribution in [3.8, 4) is 0 Å². The first-order valence-electron chi connectivity index (χ1n) is 10.1. The SMILES string of the molecule is C=CCOC1OC(CF)C(C)C(C)C1NC(=O)CCCC(=O)ON1C(=O)CCC1=O. The first kappa shape index (κ1) is 23.9. The van der Waals surface area contributed by atoms with Crippen LogP contribution in [0.5, 0.6) is 0 Å². The molecule has 0 aromatic carbocycles. The molecule has 2 heterocycles. The van der Waals surface area contributed by atoms with Gasteiger partial charge in [-0.05, 0) is 18.3 Å². The third kappa shape index (κ3) is 6.09. The van der Waals surface area contributed by atoms with Crippen molar-refractivity contribution in [2.24, 2.45) is 11.8 Å². The van der Waals surface area contributed by atoms with Crippen molar-refractivity contribution in [2.75, 3.05) is 13.3 Å². The van der Waals surface area contributed by atoms with Crippen molar-refractivity contribution in [1.29, 1.82) is 0 Å². The Hall–Kier alpha value is -2.33. The Labute approximate surface area is 174 Å². The normalized spacial score (nSPS) is 29.0. The highest BCUT2D eigenvalue weighted by Crippen LogP contribution is 2.31. The molecule has 9 nitrogen and oxygen atoms in total. The Bertz CT molecular complexity index is 656. The molecule has 2 saturated heterocycles. The number of nitrogens with one attached hydrogen (secondary N) is 1. The number of ether oxygens (including phenoxy) is 2. The van der Waals surface area contributed by atoms with Crippen LogP contribution in [0.4, 0.5) is 4.39 Å². The molecule has 2 rings (SSSR count). The lowest BCUT2D eigenvalue weighted by molar-refractivity contribution is -0.234. The van der Waals surface area contributed by atoms with Crippen molar-refractivity contribution in [3.63, 3.8) is 0 Å². The number of alkyl halides is 1. The first-order valence-corrected chi connectivity index (χ1v) is 10.1. The Kier molecular flexibility index (Phi) is 8.91. The number of imide groups is 1. The fourth-order valence-corrected chi connectivity index (χ4v) is 3.43. The molecule has 0 saturated carbocycles. The molecule has 0 spiro atoms. The van der Waals surface area contributed by atoms with E-state index in [9.17, 15) is 23.6 Å². The van der Waals surface area contributed by atoms with Gasteiger partial charge in [0.2, 0.25) is 5.91 Å². The molecule has 0 aromatic heterocycles. The van der Waals surface area contributed by atoms with Gasteiger partial charge in [0.15, 0.2) is 6.29 Å². The third-order valence-corrected chi connectivity index (χ3v) is 5.43. The zero-order valence-electron chi connectivity index (χ0n) is 17.3. The van der Waals surface area contributed by atoms with Gasteiger partial charge in [0.1, 0.15) is 6.67 Å². The standard InChI is InChI=1S/C20H29FN2O7/c1-4-10-28-20-19(13(3)12(2)14(11-21)29-20)22-15(24)6-5-7-18(27)30-23-16(25)8-9-17(23)26/h4,12-14,19-20H,1,5-11H2,2-3H3,(H,22,24). The Morgan fingerprint density at radius 3 is 2.50 bits per heavy atom. The summed E-state index contributed by atoms with van der Waals surface area (Å²) in [5, 5.41) is 3.33. The van der Waals surface area contributed by atoms with Gasteiger partial charge in [-0.1, -0.05) is 19.9 Å². The topological polar surface area (TPSA) is 111 Å². The van der Waals surface area contributed by atoms with Crippen LogP contribution < -0.4 is 5.32 Å². The van der Waals surface area contributed by atoms with Crippen LogP contribution >= 0.6 is 0 Å². The minimum Gasteiger partial charge on any atom is -0.348 e. The number of nitrogens with zero attached hydrogens (tertiary/aromatic N) is 1. The average Bonchev–Trinajstić information content (AvgIpc) is 3.03. The molecule has 10 heteroatoms. The van der Waals surface area contributed by atoms with Gasteiger partial charge in [-0.3, -0.25) is 14.4 Å². The molecular formula is C20H29FN2O7. The summed E-state index contributed by atoms with van der Waals surface area (Å²) in [6.07, 6.45) is 0.220. The minimum atomic E-state index is -0.809. The van der Waals surface area contributed by atoms with Crippen LogP contribution in [0, 0.1) is 11.8 Å². The van der Waals surface area contributed by atoms with E-state index in [1.807, 2.05) is 13.8 Å². The van der Waals surface area contributed by atoms with Gasteiger partial charge >= 0.3 is 5.97 Å². The van der Waals surface area contributed by atoms with Gasteiger partial charge in [-0.2, -0.15) is 0 Å². The second-order valence-corrected chi connectivity index (χ2v) is 7.53. The van der Waals surface area contributed by atoms with Crippen LogP contribution in [0.25, 0.3) is 0 Å². The fraction of sp³-hybridized carbons (Fsp3) is 0.700. The van der Waals surface area contributed by atoms with E-state index >= 15 is 0 Å². The molecule has 0 aliphatic carbocycles. The van der Waals surface area contributed by atoms with Crippen LogP contribution in [-0.4, -0.2) is 60.5 Å². The molecule has 168 valence electrons. The summed E-state index contributed by atoms with van der Waals surface area (Å²) in [4.78, 5) is 51.8. The van der Waals surface area contributed by atoms with Crippen LogP contribution in [0.15, 0.2) is 12.7 Å². The molecule has 0 aromatic rings. The zero-order valence-corrected chi connectivity index (χ0v) is 17.3. The fourth-order valence-electron chi connectivity index (χ4n) is 3.43. The van der Waals surface area contributed by atoms with Gasteiger partial charge in [-0.15, -0.1) is 11.6 Å². The first-order chi connectivity index (χ1) is 14.3. The molecule has 30 heavy (non-hydrogen) atoms. The Balaban J connectivity index is 1.82.